The van der Waals surface area contributed by atoms with Crippen LogP contribution in [0.3, 0.4) is 0 Å². The fraction of sp³-hybridized carbons (Fsp3) is 0.750. The molecule has 0 aromatic carbocycles. The predicted octanol–water partition coefficient (Wildman–Crippen LogP) is -2.11. The van der Waals surface area contributed by atoms with E-state index in [0.717, 1.165) is 6.26 Å². The molecule has 4 nitrogen and oxygen atoms in total. The third-order valence-electron chi connectivity index (χ3n) is 0.713. The summed E-state index contributed by atoms with van der Waals surface area (Å²) >= 11 is 0. The molecular formula is C4H12N2O2S. The van der Waals surface area contributed by atoms with Crippen LogP contribution in [0, 0.1) is 7.05 Å². The Morgan fingerprint density at radius 2 is 2.22 bits per heavy atom. The maximum Gasteiger partial charge on any atom is 0.208 e. The van der Waals surface area contributed by atoms with Crippen molar-refractivity contribution < 1.29 is 13.7 Å². The molecule has 0 aromatic rings. The Hall–Kier alpha value is -0.130. The topological polar surface area (TPSA) is 62.8 Å². The molecule has 5 heteroatoms. The first-order valence-corrected chi connectivity index (χ1v) is 4.51. The molecule has 0 spiro atoms. The van der Waals surface area contributed by atoms with Gasteiger partial charge < -0.3 is 5.32 Å². The lowest BCUT2D eigenvalue weighted by Gasteiger charge is -1.99. The van der Waals surface area contributed by atoms with E-state index < -0.39 is 10.0 Å². The summed E-state index contributed by atoms with van der Waals surface area (Å²) in [6.45, 7) is 1.12. The van der Waals surface area contributed by atoms with Gasteiger partial charge in [0.2, 0.25) is 10.0 Å². The van der Waals surface area contributed by atoms with Gasteiger partial charge in [0.1, 0.15) is 0 Å². The Balaban J connectivity index is 3.30. The second-order valence-electron chi connectivity index (χ2n) is 1.74. The SMILES string of the molecule is [CH2-][NH2+]CCNS(C)(=O)=O. The normalized spacial score (nSPS) is 11.8. The smallest absolute Gasteiger partial charge is 0.208 e. The highest BCUT2D eigenvalue weighted by Gasteiger charge is 1.96. The molecule has 0 aromatic heterocycles. The Bertz CT molecular complexity index is 152. The van der Waals surface area contributed by atoms with Crippen LogP contribution in [0.4, 0.5) is 0 Å². The van der Waals surface area contributed by atoms with Gasteiger partial charge in [0, 0.05) is 0 Å². The highest BCUT2D eigenvalue weighted by molar-refractivity contribution is 7.88. The Kier molecular flexibility index (Phi) is 3.76. The van der Waals surface area contributed by atoms with Gasteiger partial charge in [-0.3, -0.25) is 0 Å². The highest BCUT2D eigenvalue weighted by atomic mass is 32.2. The van der Waals surface area contributed by atoms with Gasteiger partial charge in [0.05, 0.1) is 19.3 Å². The van der Waals surface area contributed by atoms with Crippen LogP contribution in [0.5, 0.6) is 0 Å². The van der Waals surface area contributed by atoms with E-state index in [0.29, 0.717) is 13.1 Å². The van der Waals surface area contributed by atoms with Gasteiger partial charge in [-0.15, -0.1) is 0 Å². The molecular weight excluding hydrogens is 140 g/mol. The summed E-state index contributed by atoms with van der Waals surface area (Å²) in [6.07, 6.45) is 1.14. The molecule has 0 aliphatic heterocycles. The zero-order valence-corrected chi connectivity index (χ0v) is 6.24. The molecule has 0 amide bonds. The van der Waals surface area contributed by atoms with Crippen molar-refractivity contribution >= 4 is 10.0 Å². The van der Waals surface area contributed by atoms with Crippen LogP contribution in [0.1, 0.15) is 0 Å². The average molecular weight is 152 g/mol. The molecule has 0 bridgehead atoms. The minimum atomic E-state index is -2.99. The number of nitrogens with one attached hydrogen (secondary N) is 1. The van der Waals surface area contributed by atoms with Gasteiger partial charge in [-0.2, -0.15) is 7.05 Å². The van der Waals surface area contributed by atoms with Crippen molar-refractivity contribution in [3.05, 3.63) is 7.05 Å². The molecule has 0 rings (SSSR count). The summed E-state index contributed by atoms with van der Waals surface area (Å²) in [5.74, 6) is 0. The van der Waals surface area contributed by atoms with Crippen molar-refractivity contribution in [2.45, 2.75) is 0 Å². The highest BCUT2D eigenvalue weighted by Crippen LogP contribution is 1.67. The molecule has 0 atom stereocenters. The summed E-state index contributed by atoms with van der Waals surface area (Å²) in [6, 6.07) is 0. The fourth-order valence-electron chi connectivity index (χ4n) is 0.346. The predicted molar refractivity (Wildman–Crippen MR) is 35.0 cm³/mol. The molecule has 0 fully saturated rings. The van der Waals surface area contributed by atoms with E-state index >= 15 is 0 Å². The monoisotopic (exact) mass is 152 g/mol. The zero-order chi connectivity index (χ0) is 7.33. The summed E-state index contributed by atoms with van der Waals surface area (Å²) in [5.41, 5.74) is 0. The first-order chi connectivity index (χ1) is 4.06. The van der Waals surface area contributed by atoms with Gasteiger partial charge in [0.25, 0.3) is 0 Å². The lowest BCUT2D eigenvalue weighted by atomic mass is 10.7. The van der Waals surface area contributed by atoms with Crippen LogP contribution < -0.4 is 10.0 Å². The second-order valence-corrected chi connectivity index (χ2v) is 3.58. The van der Waals surface area contributed by atoms with E-state index in [1.165, 1.54) is 0 Å². The number of hydrogen-bond donors (Lipinski definition) is 2. The van der Waals surface area contributed by atoms with Crippen molar-refractivity contribution in [3.63, 3.8) is 0 Å². The van der Waals surface area contributed by atoms with E-state index in [2.05, 4.69) is 11.8 Å². The molecule has 0 aliphatic rings. The summed E-state index contributed by atoms with van der Waals surface area (Å²) in [7, 11) is 0.451. The first-order valence-electron chi connectivity index (χ1n) is 2.62. The minimum absolute atomic E-state index is 0.447. The van der Waals surface area contributed by atoms with Gasteiger partial charge in [-0.25, -0.2) is 13.1 Å². The van der Waals surface area contributed by atoms with Crippen molar-refractivity contribution in [1.82, 2.24) is 4.72 Å². The molecule has 0 radical (unpaired) electrons. The molecule has 9 heavy (non-hydrogen) atoms. The molecule has 0 saturated heterocycles. The van der Waals surface area contributed by atoms with Crippen molar-refractivity contribution in [1.29, 1.82) is 0 Å². The van der Waals surface area contributed by atoms with Crippen LogP contribution in [-0.4, -0.2) is 27.8 Å². The van der Waals surface area contributed by atoms with Gasteiger partial charge >= 0.3 is 0 Å². The van der Waals surface area contributed by atoms with Crippen LogP contribution >= 0.6 is 0 Å². The Morgan fingerprint density at radius 3 is 2.56 bits per heavy atom. The standard InChI is InChI=1S/C4H12N2O2S/c1-5-3-4-6-9(2,7)8/h6H,1,3-5H2,2H3. The largest absolute Gasteiger partial charge is 0.478 e. The van der Waals surface area contributed by atoms with Crippen LogP contribution in [0.2, 0.25) is 0 Å². The molecule has 0 aliphatic carbocycles. The van der Waals surface area contributed by atoms with Crippen LogP contribution in [0.15, 0.2) is 0 Å². The van der Waals surface area contributed by atoms with Crippen LogP contribution in [0.25, 0.3) is 0 Å². The fourth-order valence-corrected chi connectivity index (χ4v) is 0.835. The van der Waals surface area contributed by atoms with Gasteiger partial charge in [0.15, 0.2) is 0 Å². The van der Waals surface area contributed by atoms with E-state index in [4.69, 9.17) is 0 Å². The number of quaternary nitrogens is 1. The van der Waals surface area contributed by atoms with E-state index in [9.17, 15) is 8.42 Å². The van der Waals surface area contributed by atoms with E-state index in [1.54, 1.807) is 5.32 Å². The minimum Gasteiger partial charge on any atom is -0.478 e. The third kappa shape index (κ3) is 7.87. The summed E-state index contributed by atoms with van der Waals surface area (Å²) in [4.78, 5) is 0. The lowest BCUT2D eigenvalue weighted by Crippen LogP contribution is -2.78. The molecule has 0 saturated carbocycles. The summed E-state index contributed by atoms with van der Waals surface area (Å²) in [5, 5.41) is 1.66. The van der Waals surface area contributed by atoms with Gasteiger partial charge in [-0.1, -0.05) is 0 Å². The third-order valence-corrected chi connectivity index (χ3v) is 1.44. The van der Waals surface area contributed by atoms with Gasteiger partial charge in [-0.05, 0) is 0 Å². The molecule has 0 heterocycles. The number of hydrogen-bond acceptors (Lipinski definition) is 2. The molecule has 3 N–H and O–H groups in total. The number of nitrogens with two attached hydrogens (primary N) is 1. The van der Waals surface area contributed by atoms with Crippen molar-refractivity contribution in [3.8, 4) is 0 Å². The van der Waals surface area contributed by atoms with Crippen LogP contribution in [-0.2, 0) is 10.0 Å². The van der Waals surface area contributed by atoms with Crippen molar-refractivity contribution in [2.75, 3.05) is 19.3 Å². The maximum absolute atomic E-state index is 10.4. The summed E-state index contributed by atoms with van der Waals surface area (Å²) < 4.78 is 23.0. The zero-order valence-electron chi connectivity index (χ0n) is 5.42. The lowest BCUT2D eigenvalue weighted by molar-refractivity contribution is -0.593. The van der Waals surface area contributed by atoms with E-state index in [1.807, 2.05) is 0 Å². The molecule has 0 unspecified atom stereocenters. The number of sulfonamides is 1. The quantitative estimate of drug-likeness (QED) is 0.358. The molecule has 56 valence electrons. The number of rotatable bonds is 4. The Morgan fingerprint density at radius 1 is 1.67 bits per heavy atom. The van der Waals surface area contributed by atoms with E-state index in [-0.39, 0.29) is 0 Å². The first kappa shape index (κ1) is 8.87. The average Bonchev–Trinajstić information content (AvgIpc) is 1.63. The second kappa shape index (κ2) is 3.81. The maximum atomic E-state index is 10.4. The van der Waals surface area contributed by atoms with Crippen molar-refractivity contribution in [2.24, 2.45) is 0 Å². The Labute approximate surface area is 55.7 Å².